The van der Waals surface area contributed by atoms with Crippen molar-refractivity contribution < 1.29 is 0 Å². The molecular formula is C11H18N4. The molecule has 2 heterocycles. The number of aromatic nitrogens is 2. The first-order valence-corrected chi connectivity index (χ1v) is 5.49. The number of hydrogen-bond donors (Lipinski definition) is 1. The fraction of sp³-hybridized carbons (Fsp3) is 0.636. The molecule has 1 aliphatic heterocycles. The molecule has 82 valence electrons. The van der Waals surface area contributed by atoms with Gasteiger partial charge in [0, 0.05) is 31.5 Å². The van der Waals surface area contributed by atoms with Crippen molar-refractivity contribution in [3.8, 4) is 0 Å². The lowest BCUT2D eigenvalue weighted by Crippen LogP contribution is -2.42. The van der Waals surface area contributed by atoms with Crippen LogP contribution in [0.4, 0.5) is 0 Å². The number of piperidine rings is 1. The molecule has 0 bridgehead atoms. The van der Waals surface area contributed by atoms with Crippen LogP contribution >= 0.6 is 0 Å². The summed E-state index contributed by atoms with van der Waals surface area (Å²) in [6.07, 6.45) is 6.02. The smallest absolute Gasteiger partial charge is 0.0727 e. The first-order chi connectivity index (χ1) is 7.24. The molecule has 0 radical (unpaired) electrons. The van der Waals surface area contributed by atoms with E-state index in [0.29, 0.717) is 6.04 Å². The molecule has 0 aromatic carbocycles. The molecule has 1 aromatic rings. The van der Waals surface area contributed by atoms with Crippen LogP contribution in [0.1, 0.15) is 24.2 Å². The van der Waals surface area contributed by atoms with Crippen LogP contribution in [0.2, 0.25) is 0 Å². The highest BCUT2D eigenvalue weighted by molar-refractivity contribution is 5.00. The normalized spacial score (nSPS) is 22.9. The SMILES string of the molecule is Cc1cnc(CN2CCCC(N)C2)cn1. The van der Waals surface area contributed by atoms with Gasteiger partial charge < -0.3 is 5.73 Å². The monoisotopic (exact) mass is 206 g/mol. The van der Waals surface area contributed by atoms with Gasteiger partial charge >= 0.3 is 0 Å². The molecular weight excluding hydrogens is 188 g/mol. The Morgan fingerprint density at radius 1 is 1.47 bits per heavy atom. The first kappa shape index (κ1) is 10.5. The molecule has 0 saturated carbocycles. The van der Waals surface area contributed by atoms with Crippen LogP contribution in [0, 0.1) is 6.92 Å². The molecule has 1 fully saturated rings. The third-order valence-electron chi connectivity index (χ3n) is 2.76. The molecule has 1 aliphatic rings. The van der Waals surface area contributed by atoms with Crippen molar-refractivity contribution >= 4 is 0 Å². The Balaban J connectivity index is 1.93. The van der Waals surface area contributed by atoms with Gasteiger partial charge in [-0.1, -0.05) is 0 Å². The molecule has 1 saturated heterocycles. The molecule has 4 heteroatoms. The second-order valence-electron chi connectivity index (χ2n) is 4.29. The average molecular weight is 206 g/mol. The van der Waals surface area contributed by atoms with Gasteiger partial charge in [-0.25, -0.2) is 0 Å². The van der Waals surface area contributed by atoms with Crippen molar-refractivity contribution in [1.82, 2.24) is 14.9 Å². The van der Waals surface area contributed by atoms with Crippen LogP contribution in [0.3, 0.4) is 0 Å². The Kier molecular flexibility index (Phi) is 3.28. The van der Waals surface area contributed by atoms with Crippen LogP contribution in [0.5, 0.6) is 0 Å². The fourth-order valence-corrected chi connectivity index (χ4v) is 1.96. The van der Waals surface area contributed by atoms with Crippen LogP contribution in [0.15, 0.2) is 12.4 Å². The summed E-state index contributed by atoms with van der Waals surface area (Å²) in [6.45, 7) is 4.94. The van der Waals surface area contributed by atoms with E-state index >= 15 is 0 Å². The van der Waals surface area contributed by atoms with Crippen LogP contribution in [0.25, 0.3) is 0 Å². The molecule has 0 spiro atoms. The highest BCUT2D eigenvalue weighted by atomic mass is 15.1. The predicted octanol–water partition coefficient (Wildman–Crippen LogP) is 0.708. The zero-order valence-electron chi connectivity index (χ0n) is 9.19. The number of nitrogens with two attached hydrogens (primary N) is 1. The third kappa shape index (κ3) is 2.97. The van der Waals surface area contributed by atoms with Gasteiger partial charge in [0.15, 0.2) is 0 Å². The maximum absolute atomic E-state index is 5.93. The van der Waals surface area contributed by atoms with Gasteiger partial charge in [-0.3, -0.25) is 14.9 Å². The quantitative estimate of drug-likeness (QED) is 0.774. The van der Waals surface area contributed by atoms with Gasteiger partial charge in [0.2, 0.25) is 0 Å². The summed E-state index contributed by atoms with van der Waals surface area (Å²) in [4.78, 5) is 11.0. The van der Waals surface area contributed by atoms with Gasteiger partial charge in [-0.05, 0) is 26.3 Å². The minimum Gasteiger partial charge on any atom is -0.327 e. The lowest BCUT2D eigenvalue weighted by Gasteiger charge is -2.30. The summed E-state index contributed by atoms with van der Waals surface area (Å²) in [5.41, 5.74) is 7.93. The number of rotatable bonds is 2. The Morgan fingerprint density at radius 2 is 2.33 bits per heavy atom. The average Bonchev–Trinajstić information content (AvgIpc) is 2.22. The number of aryl methyl sites for hydroxylation is 1. The maximum atomic E-state index is 5.93. The topological polar surface area (TPSA) is 55.0 Å². The lowest BCUT2D eigenvalue weighted by molar-refractivity contribution is 0.199. The molecule has 2 N–H and O–H groups in total. The predicted molar refractivity (Wildman–Crippen MR) is 59.3 cm³/mol. The summed E-state index contributed by atoms with van der Waals surface area (Å²) in [5.74, 6) is 0. The maximum Gasteiger partial charge on any atom is 0.0727 e. The van der Waals surface area contributed by atoms with Crippen LogP contribution < -0.4 is 5.73 Å². The van der Waals surface area contributed by atoms with E-state index in [1.165, 1.54) is 6.42 Å². The number of hydrogen-bond acceptors (Lipinski definition) is 4. The standard InChI is InChI=1S/C11H18N4/c1-9-5-14-11(6-13-9)8-15-4-2-3-10(12)7-15/h5-6,10H,2-4,7-8,12H2,1H3. The Bertz CT molecular complexity index is 309. The van der Waals surface area contributed by atoms with Gasteiger partial charge in [-0.15, -0.1) is 0 Å². The fourth-order valence-electron chi connectivity index (χ4n) is 1.96. The van der Waals surface area contributed by atoms with E-state index in [4.69, 9.17) is 5.73 Å². The largest absolute Gasteiger partial charge is 0.327 e. The van der Waals surface area contributed by atoms with Crippen molar-refractivity contribution in [2.75, 3.05) is 13.1 Å². The third-order valence-corrected chi connectivity index (χ3v) is 2.76. The molecule has 15 heavy (non-hydrogen) atoms. The second-order valence-corrected chi connectivity index (χ2v) is 4.29. The molecule has 2 rings (SSSR count). The van der Waals surface area contributed by atoms with Crippen LogP contribution in [-0.4, -0.2) is 34.0 Å². The number of likely N-dealkylation sites (tertiary alicyclic amines) is 1. The van der Waals surface area contributed by atoms with E-state index in [0.717, 1.165) is 37.4 Å². The van der Waals surface area contributed by atoms with Crippen molar-refractivity contribution in [2.24, 2.45) is 5.73 Å². The summed E-state index contributed by atoms with van der Waals surface area (Å²) in [7, 11) is 0. The highest BCUT2D eigenvalue weighted by Gasteiger charge is 2.16. The Hall–Kier alpha value is -1.00. The van der Waals surface area contributed by atoms with E-state index in [1.807, 2.05) is 19.3 Å². The molecule has 1 aromatic heterocycles. The summed E-state index contributed by atoms with van der Waals surface area (Å²) >= 11 is 0. The minimum atomic E-state index is 0.331. The van der Waals surface area contributed by atoms with Gasteiger partial charge in [-0.2, -0.15) is 0 Å². The van der Waals surface area contributed by atoms with Gasteiger partial charge in [0.05, 0.1) is 11.4 Å². The van der Waals surface area contributed by atoms with Crippen molar-refractivity contribution in [2.45, 2.75) is 32.4 Å². The first-order valence-electron chi connectivity index (χ1n) is 5.49. The Labute approximate surface area is 90.5 Å². The van der Waals surface area contributed by atoms with Crippen molar-refractivity contribution in [1.29, 1.82) is 0 Å². The zero-order valence-corrected chi connectivity index (χ0v) is 9.19. The molecule has 0 aliphatic carbocycles. The highest BCUT2D eigenvalue weighted by Crippen LogP contribution is 2.10. The van der Waals surface area contributed by atoms with E-state index in [1.54, 1.807) is 0 Å². The molecule has 1 unspecified atom stereocenters. The second kappa shape index (κ2) is 4.68. The van der Waals surface area contributed by atoms with E-state index in [2.05, 4.69) is 14.9 Å². The van der Waals surface area contributed by atoms with Gasteiger partial charge in [0.25, 0.3) is 0 Å². The minimum absolute atomic E-state index is 0.331. The van der Waals surface area contributed by atoms with E-state index < -0.39 is 0 Å². The lowest BCUT2D eigenvalue weighted by atomic mass is 10.1. The van der Waals surface area contributed by atoms with Crippen LogP contribution in [-0.2, 0) is 6.54 Å². The molecule has 1 atom stereocenters. The summed E-state index contributed by atoms with van der Waals surface area (Å²) < 4.78 is 0. The number of nitrogens with zero attached hydrogens (tertiary/aromatic N) is 3. The summed E-state index contributed by atoms with van der Waals surface area (Å²) in [5, 5.41) is 0. The Morgan fingerprint density at radius 3 is 3.00 bits per heavy atom. The summed E-state index contributed by atoms with van der Waals surface area (Å²) in [6, 6.07) is 0.331. The van der Waals surface area contributed by atoms with E-state index in [9.17, 15) is 0 Å². The van der Waals surface area contributed by atoms with Crippen molar-refractivity contribution in [3.63, 3.8) is 0 Å². The molecule has 4 nitrogen and oxygen atoms in total. The van der Waals surface area contributed by atoms with Gasteiger partial charge in [0.1, 0.15) is 0 Å². The van der Waals surface area contributed by atoms with Crippen molar-refractivity contribution in [3.05, 3.63) is 23.8 Å². The van der Waals surface area contributed by atoms with E-state index in [-0.39, 0.29) is 0 Å². The molecule has 0 amide bonds. The zero-order chi connectivity index (χ0) is 10.7.